The van der Waals surface area contributed by atoms with Crippen LogP contribution in [0.3, 0.4) is 0 Å². The molecule has 23 heavy (non-hydrogen) atoms. The maximum Gasteiger partial charge on any atom is 0.189 e. The Morgan fingerprint density at radius 2 is 2.00 bits per heavy atom. The van der Waals surface area contributed by atoms with E-state index in [2.05, 4.69) is 15.6 Å². The molecule has 0 saturated carbocycles. The van der Waals surface area contributed by atoms with Crippen LogP contribution in [0.15, 0.2) is 41.4 Å². The third-order valence-corrected chi connectivity index (χ3v) is 5.74. The Morgan fingerprint density at radius 1 is 1.26 bits per heavy atom. The highest BCUT2D eigenvalue weighted by atomic mass is 35.5. The lowest BCUT2D eigenvalue weighted by Gasteiger charge is -2.08. The Kier molecular flexibility index (Phi) is 4.67. The lowest BCUT2D eigenvalue weighted by atomic mass is 10.2. The van der Waals surface area contributed by atoms with Gasteiger partial charge in [0.2, 0.25) is 0 Å². The lowest BCUT2D eigenvalue weighted by Crippen LogP contribution is -2.28. The summed E-state index contributed by atoms with van der Waals surface area (Å²) in [5.74, 6) is 0.0403. The first-order chi connectivity index (χ1) is 10.9. The van der Waals surface area contributed by atoms with Gasteiger partial charge < -0.3 is 10.6 Å². The zero-order valence-electron chi connectivity index (χ0n) is 11.7. The van der Waals surface area contributed by atoms with Gasteiger partial charge in [0, 0.05) is 21.7 Å². The van der Waals surface area contributed by atoms with Crippen LogP contribution in [0, 0.1) is 0 Å². The number of anilines is 1. The number of nitrogens with one attached hydrogen (secondary N) is 2. The summed E-state index contributed by atoms with van der Waals surface area (Å²) in [5, 5.41) is 9.40. The van der Waals surface area contributed by atoms with E-state index in [0.717, 1.165) is 11.3 Å². The Balaban J connectivity index is 1.63. The summed E-state index contributed by atoms with van der Waals surface area (Å²) in [7, 11) is -3.02. The fourth-order valence-electron chi connectivity index (χ4n) is 2.03. The van der Waals surface area contributed by atoms with Crippen molar-refractivity contribution in [1.29, 1.82) is 0 Å². The fourth-order valence-corrected chi connectivity index (χ4v) is 4.41. The summed E-state index contributed by atoms with van der Waals surface area (Å²) in [6, 6.07) is 7.41. The molecule has 2 aromatic rings. The number of sulfone groups is 1. The molecule has 2 N–H and O–H groups in total. The minimum atomic E-state index is -3.02. The maximum atomic E-state index is 11.4. The van der Waals surface area contributed by atoms with E-state index < -0.39 is 9.84 Å². The summed E-state index contributed by atoms with van der Waals surface area (Å²) >= 11 is 12.5. The van der Waals surface area contributed by atoms with Crippen LogP contribution < -0.4 is 10.6 Å². The number of thiazole rings is 1. The van der Waals surface area contributed by atoms with Gasteiger partial charge >= 0.3 is 0 Å². The highest BCUT2D eigenvalue weighted by molar-refractivity contribution is 7.92. The van der Waals surface area contributed by atoms with Crippen LogP contribution in [-0.2, 0) is 9.84 Å². The van der Waals surface area contributed by atoms with Crippen LogP contribution >= 0.6 is 35.2 Å². The second-order valence-electron chi connectivity index (χ2n) is 4.91. The van der Waals surface area contributed by atoms with Crippen molar-refractivity contribution < 1.29 is 8.42 Å². The number of hydrogen-bond donors (Lipinski definition) is 2. The van der Waals surface area contributed by atoms with Gasteiger partial charge in [-0.25, -0.2) is 13.4 Å². The normalized spacial score (nSPS) is 16.0. The summed E-state index contributed by atoms with van der Waals surface area (Å²) in [4.78, 5) is 4.45. The molecule has 5 nitrogen and oxygen atoms in total. The highest BCUT2D eigenvalue weighted by Gasteiger charge is 2.20. The number of nitrogens with zero attached hydrogens (tertiary/aromatic N) is 1. The first kappa shape index (κ1) is 16.4. The van der Waals surface area contributed by atoms with Crippen LogP contribution in [0.25, 0.3) is 11.3 Å². The van der Waals surface area contributed by atoms with E-state index in [1.165, 1.54) is 11.3 Å². The van der Waals surface area contributed by atoms with Crippen molar-refractivity contribution >= 4 is 55.2 Å². The molecule has 0 atom stereocenters. The Bertz CT molecular complexity index is 873. The van der Waals surface area contributed by atoms with Crippen molar-refractivity contribution in [3.05, 3.63) is 46.4 Å². The second-order valence-corrected chi connectivity index (χ2v) is 8.72. The van der Waals surface area contributed by atoms with Gasteiger partial charge in [-0.2, -0.15) is 0 Å². The number of rotatable bonds is 3. The molecule has 1 aliphatic rings. The van der Waals surface area contributed by atoms with Crippen molar-refractivity contribution in [2.75, 3.05) is 16.8 Å². The van der Waals surface area contributed by atoms with Gasteiger partial charge in [0.1, 0.15) is 0 Å². The van der Waals surface area contributed by atoms with E-state index in [9.17, 15) is 8.42 Å². The molecular weight excluding hydrogens is 374 g/mol. The largest absolute Gasteiger partial charge is 0.335 e. The zero-order valence-corrected chi connectivity index (χ0v) is 15.0. The third-order valence-electron chi connectivity index (χ3n) is 3.10. The molecule has 0 unspecified atom stereocenters. The molecular formula is C14H12ClN3O2S3. The predicted molar refractivity (Wildman–Crippen MR) is 98.7 cm³/mol. The minimum Gasteiger partial charge on any atom is -0.335 e. The van der Waals surface area contributed by atoms with E-state index in [1.54, 1.807) is 6.08 Å². The molecule has 1 aromatic heterocycles. The van der Waals surface area contributed by atoms with Gasteiger partial charge in [-0.05, 0) is 30.4 Å². The van der Waals surface area contributed by atoms with Gasteiger partial charge in [0.05, 0.1) is 17.2 Å². The molecule has 0 saturated heterocycles. The van der Waals surface area contributed by atoms with Gasteiger partial charge in [0.25, 0.3) is 0 Å². The molecule has 2 heterocycles. The highest BCUT2D eigenvalue weighted by Crippen LogP contribution is 2.26. The molecule has 0 aliphatic carbocycles. The standard InChI is InChI=1S/C14H12ClN3O2S3/c15-10-3-1-9(2-4-10)12-7-22-14(17-12)18-13(21)16-11-5-6-23(19,20)8-11/h1-5,7H,6,8H2,(H2,16,17,18,21). The van der Waals surface area contributed by atoms with E-state index in [-0.39, 0.29) is 11.5 Å². The van der Waals surface area contributed by atoms with Crippen molar-refractivity contribution in [2.45, 2.75) is 0 Å². The molecule has 120 valence electrons. The van der Waals surface area contributed by atoms with E-state index >= 15 is 0 Å². The quantitative estimate of drug-likeness (QED) is 0.791. The SMILES string of the molecule is O=S1(=O)CC=C(NC(=S)Nc2nc(-c3ccc(Cl)cc3)cs2)C1. The molecule has 0 spiro atoms. The number of halogens is 1. The first-order valence-corrected chi connectivity index (χ1v) is 10.1. The number of hydrogen-bond acceptors (Lipinski definition) is 5. The van der Waals surface area contributed by atoms with Gasteiger partial charge in [-0.1, -0.05) is 23.7 Å². The van der Waals surface area contributed by atoms with Gasteiger partial charge in [0.15, 0.2) is 20.1 Å². The van der Waals surface area contributed by atoms with Crippen molar-refractivity contribution in [2.24, 2.45) is 0 Å². The van der Waals surface area contributed by atoms with Gasteiger partial charge in [-0.3, -0.25) is 0 Å². The van der Waals surface area contributed by atoms with E-state index in [4.69, 9.17) is 23.8 Å². The summed E-state index contributed by atoms with van der Waals surface area (Å²) in [6.45, 7) is 0. The van der Waals surface area contributed by atoms with Crippen LogP contribution in [0.1, 0.15) is 0 Å². The maximum absolute atomic E-state index is 11.4. The van der Waals surface area contributed by atoms with Crippen LogP contribution in [0.4, 0.5) is 5.13 Å². The van der Waals surface area contributed by atoms with Crippen molar-refractivity contribution in [3.63, 3.8) is 0 Å². The van der Waals surface area contributed by atoms with E-state index in [1.807, 2.05) is 29.6 Å². The molecule has 1 aliphatic heterocycles. The molecule has 0 amide bonds. The topological polar surface area (TPSA) is 71.1 Å². The fraction of sp³-hybridized carbons (Fsp3) is 0.143. The minimum absolute atomic E-state index is 0.0112. The molecule has 0 radical (unpaired) electrons. The average molecular weight is 386 g/mol. The molecule has 3 rings (SSSR count). The summed E-state index contributed by atoms with van der Waals surface area (Å²) < 4.78 is 22.8. The Labute approximate surface area is 148 Å². The van der Waals surface area contributed by atoms with Gasteiger partial charge in [-0.15, -0.1) is 11.3 Å². The molecule has 1 aromatic carbocycles. The third kappa shape index (κ3) is 4.29. The predicted octanol–water partition coefficient (Wildman–Crippen LogP) is 3.06. The average Bonchev–Trinajstić information content (AvgIpc) is 3.06. The van der Waals surface area contributed by atoms with Crippen LogP contribution in [0.2, 0.25) is 5.02 Å². The summed E-state index contributed by atoms with van der Waals surface area (Å²) in [5.41, 5.74) is 2.37. The molecule has 0 fully saturated rings. The lowest BCUT2D eigenvalue weighted by molar-refractivity contribution is 0.603. The Morgan fingerprint density at radius 3 is 2.65 bits per heavy atom. The van der Waals surface area contributed by atoms with Crippen LogP contribution in [-0.4, -0.2) is 30.0 Å². The Hall–Kier alpha value is -1.48. The summed E-state index contributed by atoms with van der Waals surface area (Å²) in [6.07, 6.45) is 1.63. The molecule has 0 bridgehead atoms. The first-order valence-electron chi connectivity index (χ1n) is 6.60. The smallest absolute Gasteiger partial charge is 0.189 e. The van der Waals surface area contributed by atoms with Crippen molar-refractivity contribution in [3.8, 4) is 11.3 Å². The van der Waals surface area contributed by atoms with Crippen LogP contribution in [0.5, 0.6) is 0 Å². The number of thiocarbonyl (C=S) groups is 1. The van der Waals surface area contributed by atoms with E-state index in [0.29, 0.717) is 21.0 Å². The monoisotopic (exact) mass is 385 g/mol. The van der Waals surface area contributed by atoms with Crippen molar-refractivity contribution in [1.82, 2.24) is 10.3 Å². The zero-order chi connectivity index (χ0) is 16.4. The number of aromatic nitrogens is 1. The molecule has 9 heteroatoms. The number of benzene rings is 1. The second kappa shape index (κ2) is 6.56.